The number of nitrogens with two attached hydrogens (primary N) is 1. The molecule has 0 spiro atoms. The highest BCUT2D eigenvalue weighted by atomic mass is 16.5. The first kappa shape index (κ1) is 13.9. The fourth-order valence-electron chi connectivity index (χ4n) is 2.44. The van der Waals surface area contributed by atoms with Crippen molar-refractivity contribution in [2.75, 3.05) is 6.61 Å². The molecular weight excluding hydrogens is 242 g/mol. The van der Waals surface area contributed by atoms with E-state index in [-0.39, 0.29) is 24.0 Å². The molecule has 1 atom stereocenters. The molecule has 1 aromatic rings. The first-order valence-corrected chi connectivity index (χ1v) is 6.65. The third-order valence-corrected chi connectivity index (χ3v) is 3.21. The average molecular weight is 263 g/mol. The summed E-state index contributed by atoms with van der Waals surface area (Å²) in [6.45, 7) is 6.26. The maximum Gasteiger partial charge on any atom is 0.307 e. The summed E-state index contributed by atoms with van der Waals surface area (Å²) in [6, 6.07) is 5.54. The van der Waals surface area contributed by atoms with Gasteiger partial charge in [-0.1, -0.05) is 18.2 Å². The SMILES string of the molecule is CCOC(=O)CC(N)c1cccc2c1OC(C)(C)C2. The molecule has 2 N–H and O–H groups in total. The van der Waals surface area contributed by atoms with Crippen molar-refractivity contribution in [2.24, 2.45) is 5.73 Å². The number of esters is 1. The quantitative estimate of drug-likeness (QED) is 0.847. The number of fused-ring (bicyclic) bond motifs is 1. The lowest BCUT2D eigenvalue weighted by Gasteiger charge is -2.20. The average Bonchev–Trinajstić information content (AvgIpc) is 2.62. The van der Waals surface area contributed by atoms with E-state index in [1.807, 2.05) is 32.0 Å². The number of benzene rings is 1. The molecule has 1 aliphatic rings. The first-order chi connectivity index (χ1) is 8.93. The Morgan fingerprint density at radius 3 is 2.95 bits per heavy atom. The predicted octanol–water partition coefficient (Wildman–Crippen LogP) is 2.35. The number of hydrogen-bond acceptors (Lipinski definition) is 4. The largest absolute Gasteiger partial charge is 0.487 e. The molecule has 19 heavy (non-hydrogen) atoms. The highest BCUT2D eigenvalue weighted by Crippen LogP contribution is 2.40. The number of carbonyl (C=O) groups is 1. The molecule has 0 aliphatic carbocycles. The molecule has 0 amide bonds. The van der Waals surface area contributed by atoms with Crippen LogP contribution in [-0.4, -0.2) is 18.2 Å². The highest BCUT2D eigenvalue weighted by Gasteiger charge is 2.33. The van der Waals surface area contributed by atoms with E-state index >= 15 is 0 Å². The monoisotopic (exact) mass is 263 g/mol. The summed E-state index contributed by atoms with van der Waals surface area (Å²) in [7, 11) is 0. The molecule has 0 bridgehead atoms. The molecule has 0 saturated heterocycles. The van der Waals surface area contributed by atoms with Gasteiger partial charge >= 0.3 is 5.97 Å². The molecule has 1 aromatic carbocycles. The Labute approximate surface area is 113 Å². The van der Waals surface area contributed by atoms with E-state index in [2.05, 4.69) is 0 Å². The topological polar surface area (TPSA) is 61.5 Å². The maximum atomic E-state index is 11.5. The van der Waals surface area contributed by atoms with Gasteiger partial charge in [0.05, 0.1) is 13.0 Å². The van der Waals surface area contributed by atoms with Crippen LogP contribution in [0.3, 0.4) is 0 Å². The second kappa shape index (κ2) is 5.21. The third kappa shape index (κ3) is 3.07. The Bertz CT molecular complexity index is 482. The van der Waals surface area contributed by atoms with E-state index < -0.39 is 0 Å². The molecule has 4 nitrogen and oxygen atoms in total. The minimum atomic E-state index is -0.386. The Balaban J connectivity index is 2.18. The summed E-state index contributed by atoms with van der Waals surface area (Å²) in [5, 5.41) is 0. The van der Waals surface area contributed by atoms with Crippen LogP contribution in [0.5, 0.6) is 5.75 Å². The summed E-state index contributed by atoms with van der Waals surface area (Å²) in [5.41, 5.74) is 7.94. The van der Waals surface area contributed by atoms with Crippen molar-refractivity contribution in [3.05, 3.63) is 29.3 Å². The standard InChI is InChI=1S/C15H21NO3/c1-4-18-13(17)8-12(16)11-7-5-6-10-9-15(2,3)19-14(10)11/h5-7,12H,4,8-9,16H2,1-3H3. The molecule has 1 aliphatic heterocycles. The van der Waals surface area contributed by atoms with Crippen LogP contribution in [0.2, 0.25) is 0 Å². The van der Waals surface area contributed by atoms with Gasteiger partial charge in [-0.15, -0.1) is 0 Å². The minimum absolute atomic E-state index is 0.175. The minimum Gasteiger partial charge on any atom is -0.487 e. The zero-order valence-corrected chi connectivity index (χ0v) is 11.7. The second-order valence-electron chi connectivity index (χ2n) is 5.49. The fraction of sp³-hybridized carbons (Fsp3) is 0.533. The van der Waals surface area contributed by atoms with E-state index in [1.54, 1.807) is 6.92 Å². The molecule has 2 rings (SSSR count). The summed E-state index contributed by atoms with van der Waals surface area (Å²) >= 11 is 0. The van der Waals surface area contributed by atoms with Crippen LogP contribution < -0.4 is 10.5 Å². The van der Waals surface area contributed by atoms with Gasteiger partial charge in [-0.3, -0.25) is 4.79 Å². The van der Waals surface area contributed by atoms with Gasteiger partial charge in [0.2, 0.25) is 0 Å². The molecule has 4 heteroatoms. The Morgan fingerprint density at radius 2 is 2.26 bits per heavy atom. The van der Waals surface area contributed by atoms with E-state index in [4.69, 9.17) is 15.2 Å². The number of ether oxygens (including phenoxy) is 2. The number of para-hydroxylation sites is 1. The molecule has 0 aromatic heterocycles. The molecule has 1 unspecified atom stereocenters. The van der Waals surface area contributed by atoms with Gasteiger partial charge in [0, 0.05) is 18.0 Å². The number of carbonyl (C=O) groups excluding carboxylic acids is 1. The van der Waals surface area contributed by atoms with Gasteiger partial charge in [0.25, 0.3) is 0 Å². The van der Waals surface area contributed by atoms with Crippen LogP contribution in [0.1, 0.15) is 44.4 Å². The zero-order chi connectivity index (χ0) is 14.0. The van der Waals surface area contributed by atoms with Crippen LogP contribution in [0.15, 0.2) is 18.2 Å². The Morgan fingerprint density at radius 1 is 1.53 bits per heavy atom. The van der Waals surface area contributed by atoms with Crippen LogP contribution >= 0.6 is 0 Å². The van der Waals surface area contributed by atoms with Crippen LogP contribution in [0.4, 0.5) is 0 Å². The van der Waals surface area contributed by atoms with E-state index in [0.29, 0.717) is 6.61 Å². The summed E-state index contributed by atoms with van der Waals surface area (Å²) in [4.78, 5) is 11.5. The third-order valence-electron chi connectivity index (χ3n) is 3.21. The van der Waals surface area contributed by atoms with Crippen LogP contribution in [-0.2, 0) is 16.0 Å². The first-order valence-electron chi connectivity index (χ1n) is 6.65. The lowest BCUT2D eigenvalue weighted by Crippen LogP contribution is -2.25. The van der Waals surface area contributed by atoms with Gasteiger partial charge in [-0.2, -0.15) is 0 Å². The Kier molecular flexibility index (Phi) is 3.80. The highest BCUT2D eigenvalue weighted by molar-refractivity contribution is 5.70. The van der Waals surface area contributed by atoms with Crippen molar-refractivity contribution in [1.29, 1.82) is 0 Å². The molecule has 0 saturated carbocycles. The molecule has 0 fully saturated rings. The zero-order valence-electron chi connectivity index (χ0n) is 11.7. The normalized spacial score (nSPS) is 17.5. The lowest BCUT2D eigenvalue weighted by atomic mass is 9.97. The van der Waals surface area contributed by atoms with Crippen molar-refractivity contribution in [3.63, 3.8) is 0 Å². The van der Waals surface area contributed by atoms with E-state index in [0.717, 1.165) is 23.3 Å². The Hall–Kier alpha value is -1.55. The predicted molar refractivity (Wildman–Crippen MR) is 73.0 cm³/mol. The van der Waals surface area contributed by atoms with Gasteiger partial charge in [0.15, 0.2) is 0 Å². The lowest BCUT2D eigenvalue weighted by molar-refractivity contribution is -0.143. The van der Waals surface area contributed by atoms with Crippen LogP contribution in [0.25, 0.3) is 0 Å². The smallest absolute Gasteiger partial charge is 0.307 e. The van der Waals surface area contributed by atoms with Crippen LogP contribution in [0, 0.1) is 0 Å². The molecular formula is C15H21NO3. The summed E-state index contributed by atoms with van der Waals surface area (Å²) in [6.07, 6.45) is 1.04. The van der Waals surface area contributed by atoms with Gasteiger partial charge in [-0.05, 0) is 26.3 Å². The van der Waals surface area contributed by atoms with Crippen molar-refractivity contribution < 1.29 is 14.3 Å². The van der Waals surface area contributed by atoms with E-state index in [9.17, 15) is 4.79 Å². The maximum absolute atomic E-state index is 11.5. The van der Waals surface area contributed by atoms with Gasteiger partial charge < -0.3 is 15.2 Å². The molecule has 104 valence electrons. The second-order valence-corrected chi connectivity index (χ2v) is 5.49. The van der Waals surface area contributed by atoms with Gasteiger partial charge in [-0.25, -0.2) is 0 Å². The van der Waals surface area contributed by atoms with Crippen molar-refractivity contribution >= 4 is 5.97 Å². The number of hydrogen-bond donors (Lipinski definition) is 1. The van der Waals surface area contributed by atoms with Crippen molar-refractivity contribution in [2.45, 2.75) is 45.3 Å². The van der Waals surface area contributed by atoms with E-state index in [1.165, 1.54) is 0 Å². The molecule has 0 radical (unpaired) electrons. The van der Waals surface area contributed by atoms with Crippen molar-refractivity contribution in [3.8, 4) is 5.75 Å². The molecule has 1 heterocycles. The van der Waals surface area contributed by atoms with Gasteiger partial charge in [0.1, 0.15) is 11.4 Å². The summed E-state index contributed by atoms with van der Waals surface area (Å²) in [5.74, 6) is 0.564. The van der Waals surface area contributed by atoms with Crippen molar-refractivity contribution in [1.82, 2.24) is 0 Å². The summed E-state index contributed by atoms with van der Waals surface area (Å²) < 4.78 is 10.9. The number of rotatable bonds is 4. The fourth-order valence-corrected chi connectivity index (χ4v) is 2.44.